The molecule has 14 heavy (non-hydrogen) atoms. The number of rotatable bonds is 1. The second-order valence-corrected chi connectivity index (χ2v) is 3.34. The van der Waals surface area contributed by atoms with Crippen molar-refractivity contribution in [2.45, 2.75) is 12.8 Å². The first-order valence-corrected chi connectivity index (χ1v) is 4.70. The lowest BCUT2D eigenvalue weighted by molar-refractivity contribution is -0.144. The fourth-order valence-corrected chi connectivity index (χ4v) is 1.45. The van der Waals surface area contributed by atoms with Crippen molar-refractivity contribution in [3.63, 3.8) is 0 Å². The molecule has 0 saturated carbocycles. The number of amides is 1. The minimum Gasteiger partial charge on any atom is -0.330 e. The van der Waals surface area contributed by atoms with Gasteiger partial charge in [0.25, 0.3) is 5.91 Å². The molecule has 2 rings (SSSR count). The van der Waals surface area contributed by atoms with Crippen molar-refractivity contribution in [1.29, 1.82) is 0 Å². The van der Waals surface area contributed by atoms with Crippen LogP contribution in [-0.2, 0) is 11.9 Å². The van der Waals surface area contributed by atoms with E-state index in [9.17, 15) is 4.79 Å². The van der Waals surface area contributed by atoms with E-state index in [2.05, 4.69) is 4.98 Å². The first-order valence-electron chi connectivity index (χ1n) is 4.70. The summed E-state index contributed by atoms with van der Waals surface area (Å²) in [6.07, 6.45) is 5.19. The van der Waals surface area contributed by atoms with E-state index in [-0.39, 0.29) is 5.91 Å². The van der Waals surface area contributed by atoms with E-state index in [4.69, 9.17) is 4.84 Å². The fourth-order valence-electron chi connectivity index (χ4n) is 1.45. The zero-order chi connectivity index (χ0) is 9.97. The molecule has 2 heterocycles. The maximum Gasteiger partial charge on any atom is 0.295 e. The Morgan fingerprint density at radius 1 is 1.57 bits per heavy atom. The van der Waals surface area contributed by atoms with Crippen molar-refractivity contribution in [3.8, 4) is 0 Å². The minimum atomic E-state index is -0.107. The Labute approximate surface area is 82.2 Å². The molecule has 1 saturated heterocycles. The molecule has 1 aliphatic heterocycles. The lowest BCUT2D eigenvalue weighted by Gasteiger charge is -2.25. The van der Waals surface area contributed by atoms with Gasteiger partial charge in [-0.15, -0.1) is 0 Å². The normalized spacial score (nSPS) is 17.1. The predicted octanol–water partition coefficient (Wildman–Crippen LogP) is 0.588. The SMILES string of the molecule is Cn1cncc1C(=O)N1CCCCO1. The molecule has 0 unspecified atom stereocenters. The number of hydrogen-bond acceptors (Lipinski definition) is 3. The Morgan fingerprint density at radius 3 is 3.00 bits per heavy atom. The highest BCUT2D eigenvalue weighted by Gasteiger charge is 2.21. The monoisotopic (exact) mass is 195 g/mol. The van der Waals surface area contributed by atoms with Crippen LogP contribution in [0.15, 0.2) is 12.5 Å². The molecule has 0 bridgehead atoms. The molecule has 1 aliphatic rings. The second-order valence-electron chi connectivity index (χ2n) is 3.34. The van der Waals surface area contributed by atoms with Crippen LogP contribution in [0.1, 0.15) is 23.3 Å². The van der Waals surface area contributed by atoms with E-state index >= 15 is 0 Å². The van der Waals surface area contributed by atoms with Crippen molar-refractivity contribution in [1.82, 2.24) is 14.6 Å². The van der Waals surface area contributed by atoms with Crippen molar-refractivity contribution in [2.24, 2.45) is 7.05 Å². The van der Waals surface area contributed by atoms with Gasteiger partial charge in [0.2, 0.25) is 0 Å². The number of hydrogen-bond donors (Lipinski definition) is 0. The highest BCUT2D eigenvalue weighted by atomic mass is 16.7. The molecular formula is C9H13N3O2. The maximum atomic E-state index is 11.8. The first-order chi connectivity index (χ1) is 6.79. The Kier molecular flexibility index (Phi) is 2.49. The van der Waals surface area contributed by atoms with Gasteiger partial charge in [-0.05, 0) is 12.8 Å². The van der Waals surface area contributed by atoms with Crippen LogP contribution in [0.5, 0.6) is 0 Å². The van der Waals surface area contributed by atoms with Crippen LogP contribution >= 0.6 is 0 Å². The maximum absolute atomic E-state index is 11.8. The van der Waals surface area contributed by atoms with Crippen LogP contribution in [0, 0.1) is 0 Å². The van der Waals surface area contributed by atoms with Crippen molar-refractivity contribution < 1.29 is 9.63 Å². The molecule has 5 nitrogen and oxygen atoms in total. The molecule has 0 aliphatic carbocycles. The molecule has 76 valence electrons. The summed E-state index contributed by atoms with van der Waals surface area (Å²) in [5.41, 5.74) is 0.562. The molecule has 0 spiro atoms. The number of aromatic nitrogens is 2. The van der Waals surface area contributed by atoms with E-state index < -0.39 is 0 Å². The summed E-state index contributed by atoms with van der Waals surface area (Å²) >= 11 is 0. The van der Waals surface area contributed by atoms with Gasteiger partial charge in [-0.2, -0.15) is 0 Å². The molecule has 5 heteroatoms. The summed E-state index contributed by atoms with van der Waals surface area (Å²) in [4.78, 5) is 21.0. The van der Waals surface area contributed by atoms with Gasteiger partial charge in [0, 0.05) is 13.6 Å². The van der Waals surface area contributed by atoms with Gasteiger partial charge in [0.15, 0.2) is 0 Å². The summed E-state index contributed by atoms with van der Waals surface area (Å²) in [5, 5.41) is 1.42. The van der Waals surface area contributed by atoms with Gasteiger partial charge in [-0.1, -0.05) is 0 Å². The standard InChI is InChI=1S/C9H13N3O2/c1-11-7-10-6-8(11)9(13)12-4-2-3-5-14-12/h6-7H,2-5H2,1H3. The van der Waals surface area contributed by atoms with Crippen LogP contribution in [0.25, 0.3) is 0 Å². The summed E-state index contributed by atoms with van der Waals surface area (Å²) in [7, 11) is 1.80. The average molecular weight is 195 g/mol. The minimum absolute atomic E-state index is 0.107. The van der Waals surface area contributed by atoms with Gasteiger partial charge in [-0.25, -0.2) is 10.0 Å². The van der Waals surface area contributed by atoms with E-state index in [1.807, 2.05) is 0 Å². The fraction of sp³-hybridized carbons (Fsp3) is 0.556. The highest BCUT2D eigenvalue weighted by molar-refractivity contribution is 5.91. The molecule has 0 aromatic carbocycles. The molecule has 0 radical (unpaired) electrons. The quantitative estimate of drug-likeness (QED) is 0.658. The number of imidazole rings is 1. The number of carbonyl (C=O) groups excluding carboxylic acids is 1. The third-order valence-corrected chi connectivity index (χ3v) is 2.26. The molecule has 1 amide bonds. The van der Waals surface area contributed by atoms with Crippen LogP contribution in [0.4, 0.5) is 0 Å². The topological polar surface area (TPSA) is 47.4 Å². The van der Waals surface area contributed by atoms with E-state index in [1.54, 1.807) is 24.1 Å². The van der Waals surface area contributed by atoms with Gasteiger partial charge < -0.3 is 4.57 Å². The Hall–Kier alpha value is -1.36. The zero-order valence-electron chi connectivity index (χ0n) is 8.14. The zero-order valence-corrected chi connectivity index (χ0v) is 8.14. The van der Waals surface area contributed by atoms with Gasteiger partial charge in [-0.3, -0.25) is 9.63 Å². The lowest BCUT2D eigenvalue weighted by Crippen LogP contribution is -2.36. The van der Waals surface area contributed by atoms with Crippen LogP contribution in [0.2, 0.25) is 0 Å². The molecule has 0 atom stereocenters. The van der Waals surface area contributed by atoms with Gasteiger partial charge >= 0.3 is 0 Å². The van der Waals surface area contributed by atoms with Crippen molar-refractivity contribution in [3.05, 3.63) is 18.2 Å². The molecule has 1 fully saturated rings. The lowest BCUT2D eigenvalue weighted by atomic mass is 10.3. The Morgan fingerprint density at radius 2 is 2.43 bits per heavy atom. The highest BCUT2D eigenvalue weighted by Crippen LogP contribution is 2.10. The van der Waals surface area contributed by atoms with E-state index in [0.717, 1.165) is 12.8 Å². The summed E-state index contributed by atoms with van der Waals surface area (Å²) in [5.74, 6) is -0.107. The van der Waals surface area contributed by atoms with Crippen LogP contribution in [0.3, 0.4) is 0 Å². The largest absolute Gasteiger partial charge is 0.330 e. The number of hydroxylamine groups is 2. The van der Waals surface area contributed by atoms with E-state index in [1.165, 1.54) is 5.06 Å². The van der Waals surface area contributed by atoms with E-state index in [0.29, 0.717) is 18.8 Å². The van der Waals surface area contributed by atoms with Gasteiger partial charge in [0.05, 0.1) is 19.1 Å². The third-order valence-electron chi connectivity index (χ3n) is 2.26. The third kappa shape index (κ3) is 1.63. The summed E-state index contributed by atoms with van der Waals surface area (Å²) in [6, 6.07) is 0. The predicted molar refractivity (Wildman–Crippen MR) is 49.4 cm³/mol. The molecular weight excluding hydrogens is 182 g/mol. The Balaban J connectivity index is 2.11. The summed E-state index contributed by atoms with van der Waals surface area (Å²) < 4.78 is 1.69. The number of aryl methyl sites for hydroxylation is 1. The molecule has 1 aromatic rings. The van der Waals surface area contributed by atoms with Crippen LogP contribution in [-0.4, -0.2) is 33.7 Å². The molecule has 0 N–H and O–H groups in total. The first kappa shape index (κ1) is 9.21. The summed E-state index contributed by atoms with van der Waals surface area (Å²) in [6.45, 7) is 1.30. The smallest absolute Gasteiger partial charge is 0.295 e. The average Bonchev–Trinajstić information content (AvgIpc) is 2.65. The Bertz CT molecular complexity index is 329. The second kappa shape index (κ2) is 3.79. The number of carbonyl (C=O) groups is 1. The van der Waals surface area contributed by atoms with Crippen molar-refractivity contribution in [2.75, 3.05) is 13.2 Å². The van der Waals surface area contributed by atoms with Crippen LogP contribution < -0.4 is 0 Å². The van der Waals surface area contributed by atoms with Crippen molar-refractivity contribution >= 4 is 5.91 Å². The number of nitrogens with zero attached hydrogens (tertiary/aromatic N) is 3. The molecule has 1 aromatic heterocycles. The van der Waals surface area contributed by atoms with Gasteiger partial charge in [0.1, 0.15) is 5.69 Å².